The van der Waals surface area contributed by atoms with Crippen molar-refractivity contribution in [2.45, 2.75) is 26.9 Å². The minimum atomic E-state index is -0.299. The number of hydrazine groups is 2. The van der Waals surface area contributed by atoms with Crippen molar-refractivity contribution in [2.24, 2.45) is 0 Å². The third-order valence-electron chi connectivity index (χ3n) is 6.19. The second-order valence-electron chi connectivity index (χ2n) is 8.77. The van der Waals surface area contributed by atoms with E-state index in [1.54, 1.807) is 36.1 Å². The molecule has 0 radical (unpaired) electrons. The van der Waals surface area contributed by atoms with Crippen molar-refractivity contribution >= 4 is 48.2 Å². The van der Waals surface area contributed by atoms with E-state index in [2.05, 4.69) is 33.6 Å². The molecule has 3 rings (SSSR count). The standard InChI is InChI=1S/C26H37N7O3.2ClH/c1-5-28-12-13-29-24(34)17-32(23-14-20(11-10-19(23)2)26(36)30-27-3)18-25(35)31(4)33-15-21-8-6-7-9-22(21)16-33;;/h6-11,14,27-28H,5,12-13,15-18H2,1-4H3,(H,29,34)(H,30,36);2*1H. The number of likely N-dealkylation sites (N-methyl/N-ethyl adjacent to an activating group) is 2. The van der Waals surface area contributed by atoms with Crippen LogP contribution in [0.25, 0.3) is 0 Å². The van der Waals surface area contributed by atoms with Crippen LogP contribution in [0.4, 0.5) is 5.69 Å². The highest BCUT2D eigenvalue weighted by atomic mass is 35.5. The van der Waals surface area contributed by atoms with E-state index >= 15 is 0 Å². The molecule has 0 saturated heterocycles. The lowest BCUT2D eigenvalue weighted by Gasteiger charge is -2.32. The minimum absolute atomic E-state index is 0. The Morgan fingerprint density at radius 2 is 1.63 bits per heavy atom. The van der Waals surface area contributed by atoms with Gasteiger partial charge in [0.2, 0.25) is 5.91 Å². The number of nitrogens with zero attached hydrogens (tertiary/aromatic N) is 3. The second kappa shape index (κ2) is 16.2. The van der Waals surface area contributed by atoms with E-state index in [1.165, 1.54) is 11.1 Å². The number of rotatable bonds is 12. The predicted molar refractivity (Wildman–Crippen MR) is 154 cm³/mol. The molecular weight excluding hydrogens is 529 g/mol. The van der Waals surface area contributed by atoms with E-state index in [-0.39, 0.29) is 55.6 Å². The first-order chi connectivity index (χ1) is 17.3. The van der Waals surface area contributed by atoms with Crippen molar-refractivity contribution in [3.63, 3.8) is 0 Å². The summed E-state index contributed by atoms with van der Waals surface area (Å²) in [5.41, 5.74) is 9.54. The average Bonchev–Trinajstić information content (AvgIpc) is 3.30. The normalized spacial score (nSPS) is 12.0. The van der Waals surface area contributed by atoms with Gasteiger partial charge in [0, 0.05) is 51.5 Å². The number of nitrogens with one attached hydrogen (secondary N) is 4. The highest BCUT2D eigenvalue weighted by Crippen LogP contribution is 2.25. The number of carbonyl (C=O) groups is 3. The van der Waals surface area contributed by atoms with Gasteiger partial charge in [-0.2, -0.15) is 0 Å². The lowest BCUT2D eigenvalue weighted by atomic mass is 10.1. The SMILES string of the molecule is CCNCCNC(=O)CN(CC(=O)N(C)N1Cc2ccccc2C1)c1cc(C(=O)NNC)ccc1C.Cl.Cl. The first-order valence-corrected chi connectivity index (χ1v) is 12.2. The molecule has 2 aromatic rings. The molecule has 12 heteroatoms. The molecule has 0 atom stereocenters. The fraction of sp³-hybridized carbons (Fsp3) is 0.423. The van der Waals surface area contributed by atoms with Gasteiger partial charge < -0.3 is 15.5 Å². The Kier molecular flexibility index (Phi) is 14.1. The summed E-state index contributed by atoms with van der Waals surface area (Å²) in [6.45, 7) is 7.17. The summed E-state index contributed by atoms with van der Waals surface area (Å²) in [6.07, 6.45) is 0. The summed E-state index contributed by atoms with van der Waals surface area (Å²) < 4.78 is 0. The van der Waals surface area contributed by atoms with Crippen LogP contribution in [0.15, 0.2) is 42.5 Å². The largest absolute Gasteiger partial charge is 0.353 e. The Bertz CT molecular complexity index is 1060. The third-order valence-corrected chi connectivity index (χ3v) is 6.19. The quantitative estimate of drug-likeness (QED) is 0.228. The monoisotopic (exact) mass is 567 g/mol. The fourth-order valence-electron chi connectivity index (χ4n) is 4.15. The van der Waals surface area contributed by atoms with Crippen LogP contribution >= 0.6 is 24.8 Å². The van der Waals surface area contributed by atoms with Crippen LogP contribution < -0.4 is 26.4 Å². The molecule has 0 spiro atoms. The molecule has 4 N–H and O–H groups in total. The Morgan fingerprint density at radius 3 is 2.24 bits per heavy atom. The van der Waals surface area contributed by atoms with Crippen LogP contribution in [0.5, 0.6) is 0 Å². The van der Waals surface area contributed by atoms with Gasteiger partial charge in [-0.25, -0.2) is 10.4 Å². The van der Waals surface area contributed by atoms with Gasteiger partial charge in [0.25, 0.3) is 11.8 Å². The van der Waals surface area contributed by atoms with E-state index in [0.29, 0.717) is 37.4 Å². The maximum absolute atomic E-state index is 13.4. The van der Waals surface area contributed by atoms with Crippen LogP contribution in [0.1, 0.15) is 34.0 Å². The number of benzene rings is 2. The fourth-order valence-corrected chi connectivity index (χ4v) is 4.15. The Balaban J connectivity index is 0.00000361. The van der Waals surface area contributed by atoms with Gasteiger partial charge >= 0.3 is 0 Å². The smallest absolute Gasteiger partial charge is 0.265 e. The van der Waals surface area contributed by atoms with Gasteiger partial charge in [0.05, 0.1) is 13.1 Å². The lowest BCUT2D eigenvalue weighted by molar-refractivity contribution is -0.145. The van der Waals surface area contributed by atoms with E-state index < -0.39 is 0 Å². The molecule has 10 nitrogen and oxygen atoms in total. The summed E-state index contributed by atoms with van der Waals surface area (Å²) in [5.74, 6) is -0.638. The van der Waals surface area contributed by atoms with E-state index in [4.69, 9.17) is 0 Å². The molecular formula is C26H39Cl2N7O3. The van der Waals surface area contributed by atoms with Crippen molar-refractivity contribution in [3.8, 4) is 0 Å². The Labute approximate surface area is 237 Å². The van der Waals surface area contributed by atoms with Gasteiger partial charge in [-0.1, -0.05) is 37.3 Å². The summed E-state index contributed by atoms with van der Waals surface area (Å²) in [5, 5.41) is 9.69. The molecule has 0 saturated carbocycles. The van der Waals surface area contributed by atoms with Gasteiger partial charge in [-0.15, -0.1) is 24.8 Å². The van der Waals surface area contributed by atoms with Crippen molar-refractivity contribution in [3.05, 3.63) is 64.7 Å². The molecule has 3 amide bonds. The molecule has 0 unspecified atom stereocenters. The van der Waals surface area contributed by atoms with Crippen LogP contribution in [0, 0.1) is 6.92 Å². The molecule has 2 aromatic carbocycles. The summed E-state index contributed by atoms with van der Waals surface area (Å²) in [6, 6.07) is 13.4. The molecule has 1 aliphatic heterocycles. The van der Waals surface area contributed by atoms with Gasteiger partial charge in [0.15, 0.2) is 0 Å². The minimum Gasteiger partial charge on any atom is -0.353 e. The van der Waals surface area contributed by atoms with E-state index in [9.17, 15) is 14.4 Å². The summed E-state index contributed by atoms with van der Waals surface area (Å²) >= 11 is 0. The Morgan fingerprint density at radius 1 is 0.974 bits per heavy atom. The van der Waals surface area contributed by atoms with Crippen molar-refractivity contribution < 1.29 is 14.4 Å². The number of halogens is 2. The number of hydrogen-bond donors (Lipinski definition) is 4. The van der Waals surface area contributed by atoms with Crippen molar-refractivity contribution in [1.82, 2.24) is 31.5 Å². The molecule has 1 aliphatic rings. The van der Waals surface area contributed by atoms with Crippen molar-refractivity contribution in [2.75, 3.05) is 51.7 Å². The van der Waals surface area contributed by atoms with Crippen LogP contribution in [-0.4, -0.2) is 74.6 Å². The first kappa shape index (κ1) is 33.1. The highest BCUT2D eigenvalue weighted by molar-refractivity contribution is 5.95. The van der Waals surface area contributed by atoms with Gasteiger partial charge in [-0.3, -0.25) is 24.8 Å². The highest BCUT2D eigenvalue weighted by Gasteiger charge is 2.27. The van der Waals surface area contributed by atoms with Gasteiger partial charge in [-0.05, 0) is 42.3 Å². The number of aryl methyl sites for hydroxylation is 1. The van der Waals surface area contributed by atoms with Gasteiger partial charge in [0.1, 0.15) is 0 Å². The van der Waals surface area contributed by atoms with Crippen LogP contribution in [0.2, 0.25) is 0 Å². The zero-order chi connectivity index (χ0) is 26.1. The molecule has 38 heavy (non-hydrogen) atoms. The second-order valence-corrected chi connectivity index (χ2v) is 8.77. The maximum atomic E-state index is 13.4. The zero-order valence-corrected chi connectivity index (χ0v) is 24.0. The zero-order valence-electron chi connectivity index (χ0n) is 22.4. The molecule has 0 aromatic heterocycles. The van der Waals surface area contributed by atoms with Crippen LogP contribution in [0.3, 0.4) is 0 Å². The van der Waals surface area contributed by atoms with Crippen LogP contribution in [-0.2, 0) is 22.7 Å². The van der Waals surface area contributed by atoms with Crippen molar-refractivity contribution in [1.29, 1.82) is 0 Å². The van der Waals surface area contributed by atoms with E-state index in [1.807, 2.05) is 37.1 Å². The average molecular weight is 569 g/mol. The lowest BCUT2D eigenvalue weighted by Crippen LogP contribution is -2.48. The summed E-state index contributed by atoms with van der Waals surface area (Å²) in [4.78, 5) is 40.3. The number of amides is 3. The molecule has 0 bridgehead atoms. The third kappa shape index (κ3) is 8.85. The summed E-state index contributed by atoms with van der Waals surface area (Å²) in [7, 11) is 3.37. The molecule has 0 aliphatic carbocycles. The number of carbonyl (C=O) groups excluding carboxylic acids is 3. The number of fused-ring (bicyclic) bond motifs is 1. The molecule has 1 heterocycles. The number of hydrogen-bond acceptors (Lipinski definition) is 7. The molecule has 0 fully saturated rings. The molecule has 210 valence electrons. The maximum Gasteiger partial charge on any atom is 0.265 e. The first-order valence-electron chi connectivity index (χ1n) is 12.2. The number of anilines is 1. The predicted octanol–water partition coefficient (Wildman–Crippen LogP) is 1.62. The Hall–Kier alpha value is -2.89. The topological polar surface area (TPSA) is 109 Å². The van der Waals surface area contributed by atoms with E-state index in [0.717, 1.165) is 12.1 Å².